The minimum Gasteiger partial charge on any atom is -0.361 e. The van der Waals surface area contributed by atoms with Gasteiger partial charge in [-0.2, -0.15) is 0 Å². The molecule has 10 heteroatoms. The first-order valence-corrected chi connectivity index (χ1v) is 14.2. The van der Waals surface area contributed by atoms with Crippen molar-refractivity contribution in [3.8, 4) is 0 Å². The molecule has 3 aromatic carbocycles. The molecule has 5 N–H and O–H groups in total. The van der Waals surface area contributed by atoms with Gasteiger partial charge in [0.1, 0.15) is 6.04 Å². The Bertz CT molecular complexity index is 1620. The highest BCUT2D eigenvalue weighted by molar-refractivity contribution is 6.38. The molecule has 1 aromatic heterocycles. The summed E-state index contributed by atoms with van der Waals surface area (Å²) in [6, 6.07) is 23.0. The van der Waals surface area contributed by atoms with E-state index >= 15 is 0 Å². The highest BCUT2D eigenvalue weighted by Gasteiger charge is 2.35. The minimum atomic E-state index is -1.26. The lowest BCUT2D eigenvalue weighted by atomic mass is 9.94. The molecule has 0 radical (unpaired) electrons. The zero-order chi connectivity index (χ0) is 30.2. The molecule has 2 heterocycles. The number of benzene rings is 3. The number of aromatic nitrogens is 1. The average molecular weight is 580 g/mol. The molecular formula is C33H33N5O5. The van der Waals surface area contributed by atoms with Crippen LogP contribution in [0.3, 0.4) is 0 Å². The summed E-state index contributed by atoms with van der Waals surface area (Å²) in [6.07, 6.45) is 2.37. The van der Waals surface area contributed by atoms with Crippen molar-refractivity contribution >= 4 is 40.3 Å². The third-order valence-corrected chi connectivity index (χ3v) is 7.56. The van der Waals surface area contributed by atoms with E-state index < -0.39 is 41.5 Å². The Morgan fingerprint density at radius 2 is 1.56 bits per heavy atom. The number of hydrogen-bond donors (Lipinski definition) is 5. The van der Waals surface area contributed by atoms with E-state index in [0.717, 1.165) is 22.0 Å². The molecule has 1 aliphatic rings. The number of hydrogen-bond acceptors (Lipinski definition) is 5. The maximum Gasteiger partial charge on any atom is 0.289 e. The van der Waals surface area contributed by atoms with Crippen molar-refractivity contribution in [1.29, 1.82) is 0 Å². The van der Waals surface area contributed by atoms with Gasteiger partial charge in [-0.15, -0.1) is 0 Å². The highest BCUT2D eigenvalue weighted by atomic mass is 16.2. The number of amides is 4. The Morgan fingerprint density at radius 1 is 0.837 bits per heavy atom. The Morgan fingerprint density at radius 3 is 2.26 bits per heavy atom. The molecule has 1 unspecified atom stereocenters. The molecule has 0 spiro atoms. The molecule has 0 saturated carbocycles. The van der Waals surface area contributed by atoms with Crippen LogP contribution in [0.25, 0.3) is 10.9 Å². The first-order valence-electron chi connectivity index (χ1n) is 14.2. The largest absolute Gasteiger partial charge is 0.361 e. The molecule has 0 aliphatic carbocycles. The van der Waals surface area contributed by atoms with E-state index in [2.05, 4.69) is 26.3 Å². The van der Waals surface area contributed by atoms with Gasteiger partial charge in [0.15, 0.2) is 0 Å². The molecular weight excluding hydrogens is 546 g/mol. The number of carbonyl (C=O) groups is 5. The van der Waals surface area contributed by atoms with Crippen molar-refractivity contribution < 1.29 is 24.0 Å². The molecule has 1 fully saturated rings. The quantitative estimate of drug-likeness (QED) is 0.164. The van der Waals surface area contributed by atoms with Crippen molar-refractivity contribution in [3.05, 3.63) is 108 Å². The lowest BCUT2D eigenvalue weighted by Crippen LogP contribution is -2.55. The smallest absolute Gasteiger partial charge is 0.289 e. The van der Waals surface area contributed by atoms with Crippen molar-refractivity contribution in [2.45, 2.75) is 37.9 Å². The number of rotatable bonds is 12. The molecule has 220 valence electrons. The molecule has 4 aromatic rings. The lowest BCUT2D eigenvalue weighted by Gasteiger charge is -2.24. The summed E-state index contributed by atoms with van der Waals surface area (Å²) in [7, 11) is 0. The highest BCUT2D eigenvalue weighted by Crippen LogP contribution is 2.18. The van der Waals surface area contributed by atoms with Gasteiger partial charge in [0.2, 0.25) is 17.6 Å². The van der Waals surface area contributed by atoms with Gasteiger partial charge in [0.25, 0.3) is 11.8 Å². The summed E-state index contributed by atoms with van der Waals surface area (Å²) in [5.74, 6) is -3.58. The predicted octanol–water partition coefficient (Wildman–Crippen LogP) is 2.41. The van der Waals surface area contributed by atoms with E-state index in [1.54, 1.807) is 24.4 Å². The van der Waals surface area contributed by atoms with Crippen LogP contribution in [0.15, 0.2) is 91.1 Å². The predicted molar refractivity (Wildman–Crippen MR) is 161 cm³/mol. The maximum absolute atomic E-state index is 13.7. The van der Waals surface area contributed by atoms with E-state index in [-0.39, 0.29) is 25.3 Å². The lowest BCUT2D eigenvalue weighted by molar-refractivity contribution is -0.141. The summed E-state index contributed by atoms with van der Waals surface area (Å²) < 4.78 is 0. The van der Waals surface area contributed by atoms with Crippen LogP contribution < -0.4 is 21.3 Å². The van der Waals surface area contributed by atoms with E-state index in [9.17, 15) is 24.0 Å². The Kier molecular flexibility index (Phi) is 9.26. The summed E-state index contributed by atoms with van der Waals surface area (Å²) in [5.41, 5.74) is 2.84. The van der Waals surface area contributed by atoms with Crippen LogP contribution in [-0.2, 0) is 32.1 Å². The van der Waals surface area contributed by atoms with E-state index in [1.165, 1.54) is 0 Å². The molecule has 4 amide bonds. The number of fused-ring (bicyclic) bond motifs is 1. The van der Waals surface area contributed by atoms with Gasteiger partial charge in [-0.1, -0.05) is 60.7 Å². The zero-order valence-corrected chi connectivity index (χ0v) is 23.5. The van der Waals surface area contributed by atoms with Gasteiger partial charge in [-0.3, -0.25) is 24.0 Å². The summed E-state index contributed by atoms with van der Waals surface area (Å²) >= 11 is 0. The summed E-state index contributed by atoms with van der Waals surface area (Å²) in [5, 5.41) is 11.7. The third kappa shape index (κ3) is 7.53. The Labute approximate surface area is 248 Å². The SMILES string of the molecule is O=C(NCc1ccccc1)C(=O)C(C[C@@H]1CCNC1=O)NC(=O)[C@H](Cc1ccccc1)NC(=O)c1ccc2[nH]ccc2c1. The topological polar surface area (TPSA) is 149 Å². The number of Topliss-reactive ketones (excluding diaryl/α,β-unsaturated/α-hetero) is 1. The normalized spacial score (nSPS) is 15.7. The van der Waals surface area contributed by atoms with Crippen molar-refractivity contribution in [2.75, 3.05) is 6.54 Å². The molecule has 3 atom stereocenters. The third-order valence-electron chi connectivity index (χ3n) is 7.56. The van der Waals surface area contributed by atoms with Gasteiger partial charge in [-0.25, -0.2) is 0 Å². The van der Waals surface area contributed by atoms with Gasteiger partial charge < -0.3 is 26.3 Å². The fourth-order valence-corrected chi connectivity index (χ4v) is 5.18. The second-order valence-electron chi connectivity index (χ2n) is 10.6. The molecule has 1 saturated heterocycles. The molecule has 0 bridgehead atoms. The maximum atomic E-state index is 13.7. The number of H-pyrrole nitrogens is 1. The Balaban J connectivity index is 1.34. The monoisotopic (exact) mass is 579 g/mol. The van der Waals surface area contributed by atoms with Crippen LogP contribution in [-0.4, -0.2) is 53.0 Å². The van der Waals surface area contributed by atoms with Crippen LogP contribution in [0.4, 0.5) is 0 Å². The van der Waals surface area contributed by atoms with Gasteiger partial charge in [-0.05, 0) is 48.2 Å². The van der Waals surface area contributed by atoms with Gasteiger partial charge in [0, 0.05) is 48.1 Å². The molecule has 1 aliphatic heterocycles. The standard InChI is InChI=1S/C33H33N5O5/c39-29(33(43)36-20-22-9-5-2-6-10-22)27(19-25-14-16-35-30(25)40)37-32(42)28(17-21-7-3-1-4-8-21)38-31(41)24-11-12-26-23(18-24)13-15-34-26/h1-13,15,18,25,27-28,34H,14,16-17,19-20H2,(H,35,40)(H,36,43)(H,37,42)(H,38,41)/t25-,27?,28-/m0/s1. The van der Waals surface area contributed by atoms with Crippen molar-refractivity contribution in [1.82, 2.24) is 26.3 Å². The van der Waals surface area contributed by atoms with Crippen LogP contribution >= 0.6 is 0 Å². The number of nitrogens with one attached hydrogen (secondary N) is 5. The van der Waals surface area contributed by atoms with Crippen LogP contribution in [0.5, 0.6) is 0 Å². The minimum absolute atomic E-state index is 0.0364. The fraction of sp³-hybridized carbons (Fsp3) is 0.242. The van der Waals surface area contributed by atoms with E-state index in [4.69, 9.17) is 0 Å². The fourth-order valence-electron chi connectivity index (χ4n) is 5.18. The first kappa shape index (κ1) is 29.2. The molecule has 43 heavy (non-hydrogen) atoms. The zero-order valence-electron chi connectivity index (χ0n) is 23.5. The summed E-state index contributed by atoms with van der Waals surface area (Å²) in [4.78, 5) is 68.8. The number of ketones is 1. The molecule has 5 rings (SSSR count). The van der Waals surface area contributed by atoms with Crippen molar-refractivity contribution in [3.63, 3.8) is 0 Å². The molecule has 10 nitrogen and oxygen atoms in total. The first-order chi connectivity index (χ1) is 20.9. The number of carbonyl (C=O) groups excluding carboxylic acids is 5. The van der Waals surface area contributed by atoms with Gasteiger partial charge in [0.05, 0.1) is 6.04 Å². The average Bonchev–Trinajstić information content (AvgIpc) is 3.67. The second kappa shape index (κ2) is 13.6. The summed E-state index contributed by atoms with van der Waals surface area (Å²) in [6.45, 7) is 0.588. The second-order valence-corrected chi connectivity index (χ2v) is 10.6. The van der Waals surface area contributed by atoms with E-state index in [0.29, 0.717) is 18.5 Å². The van der Waals surface area contributed by atoms with Crippen LogP contribution in [0.2, 0.25) is 0 Å². The Hall–Kier alpha value is -5.25. The van der Waals surface area contributed by atoms with Gasteiger partial charge >= 0.3 is 0 Å². The van der Waals surface area contributed by atoms with Crippen molar-refractivity contribution in [2.24, 2.45) is 5.92 Å². The van der Waals surface area contributed by atoms with E-state index in [1.807, 2.05) is 66.7 Å². The number of aromatic amines is 1. The van der Waals surface area contributed by atoms with Crippen LogP contribution in [0.1, 0.15) is 34.3 Å². The van der Waals surface area contributed by atoms with Crippen LogP contribution in [0, 0.1) is 5.92 Å².